The van der Waals surface area contributed by atoms with Crippen LogP contribution in [0.4, 0.5) is 5.69 Å². The molecular formula is C13H14N2O3S. The topological polar surface area (TPSA) is 69.6 Å². The number of benzene rings is 1. The van der Waals surface area contributed by atoms with Crippen molar-refractivity contribution in [3.05, 3.63) is 30.3 Å². The smallest absolute Gasteiger partial charge is 0.303 e. The van der Waals surface area contributed by atoms with Crippen LogP contribution in [-0.2, 0) is 9.59 Å². The predicted octanol–water partition coefficient (Wildman–Crippen LogP) is 1.53. The standard InChI is InChI=1S/C13H14N2O3S/c1-13(8-7-10(16)17)11(18)15(12(19)14-13)9-5-3-2-4-6-9/h2-6H,7-8H2,1H3,(H,14,19)(H,16,17). The number of hydrogen-bond donors (Lipinski definition) is 2. The number of rotatable bonds is 4. The zero-order chi connectivity index (χ0) is 14.0. The maximum atomic E-state index is 12.4. The third kappa shape index (κ3) is 2.58. The van der Waals surface area contributed by atoms with Gasteiger partial charge in [-0.2, -0.15) is 0 Å². The van der Waals surface area contributed by atoms with Crippen molar-refractivity contribution >= 4 is 34.9 Å². The van der Waals surface area contributed by atoms with Crippen LogP contribution in [0.25, 0.3) is 0 Å². The molecule has 100 valence electrons. The summed E-state index contributed by atoms with van der Waals surface area (Å²) in [6.45, 7) is 1.67. The van der Waals surface area contributed by atoms with Crippen LogP contribution in [0, 0.1) is 0 Å². The number of anilines is 1. The Morgan fingerprint density at radius 3 is 2.63 bits per heavy atom. The van der Waals surface area contributed by atoms with Crippen molar-refractivity contribution < 1.29 is 14.7 Å². The van der Waals surface area contributed by atoms with Crippen molar-refractivity contribution in [2.75, 3.05) is 4.90 Å². The number of carbonyl (C=O) groups excluding carboxylic acids is 1. The molecule has 1 aliphatic rings. The SMILES string of the molecule is CC1(CCC(=O)O)NC(=S)N(c2ccccc2)C1=O. The molecule has 0 aliphatic carbocycles. The molecule has 0 aromatic heterocycles. The third-order valence-corrected chi connectivity index (χ3v) is 3.40. The molecule has 1 heterocycles. The van der Waals surface area contributed by atoms with Gasteiger partial charge in [-0.05, 0) is 37.7 Å². The summed E-state index contributed by atoms with van der Waals surface area (Å²) in [5.41, 5.74) is -0.269. The Balaban J connectivity index is 2.23. The van der Waals surface area contributed by atoms with Gasteiger partial charge in [0, 0.05) is 6.42 Å². The van der Waals surface area contributed by atoms with Crippen LogP contribution in [0.1, 0.15) is 19.8 Å². The zero-order valence-electron chi connectivity index (χ0n) is 10.4. The summed E-state index contributed by atoms with van der Waals surface area (Å²) in [5.74, 6) is -1.15. The number of aliphatic carboxylic acids is 1. The van der Waals surface area contributed by atoms with E-state index in [4.69, 9.17) is 17.3 Å². The summed E-state index contributed by atoms with van der Waals surface area (Å²) in [5, 5.41) is 12.0. The molecule has 6 heteroatoms. The van der Waals surface area contributed by atoms with Gasteiger partial charge in [0.2, 0.25) is 0 Å². The minimum Gasteiger partial charge on any atom is -0.481 e. The van der Waals surface area contributed by atoms with E-state index in [0.717, 1.165) is 0 Å². The van der Waals surface area contributed by atoms with Gasteiger partial charge in [0.05, 0.1) is 5.69 Å². The van der Waals surface area contributed by atoms with E-state index in [2.05, 4.69) is 5.32 Å². The molecule has 5 nitrogen and oxygen atoms in total. The van der Waals surface area contributed by atoms with Crippen molar-refractivity contribution in [3.63, 3.8) is 0 Å². The molecule has 2 rings (SSSR count). The summed E-state index contributed by atoms with van der Waals surface area (Å²) in [4.78, 5) is 24.5. The van der Waals surface area contributed by atoms with Crippen molar-refractivity contribution in [2.24, 2.45) is 0 Å². The summed E-state index contributed by atoms with van der Waals surface area (Å²) in [6.07, 6.45) is 0.116. The highest BCUT2D eigenvalue weighted by atomic mass is 32.1. The van der Waals surface area contributed by atoms with Crippen LogP contribution >= 0.6 is 12.2 Å². The van der Waals surface area contributed by atoms with Gasteiger partial charge in [-0.25, -0.2) is 0 Å². The van der Waals surface area contributed by atoms with E-state index < -0.39 is 11.5 Å². The fourth-order valence-corrected chi connectivity index (χ4v) is 2.44. The summed E-state index contributed by atoms with van der Waals surface area (Å²) >= 11 is 5.17. The molecule has 1 saturated heterocycles. The van der Waals surface area contributed by atoms with Gasteiger partial charge >= 0.3 is 5.97 Å². The maximum absolute atomic E-state index is 12.4. The van der Waals surface area contributed by atoms with Crippen LogP contribution < -0.4 is 10.2 Å². The molecule has 1 atom stereocenters. The molecule has 0 radical (unpaired) electrons. The van der Waals surface area contributed by atoms with Crippen LogP contribution in [0.2, 0.25) is 0 Å². The number of nitrogens with zero attached hydrogens (tertiary/aromatic N) is 1. The van der Waals surface area contributed by atoms with E-state index in [-0.39, 0.29) is 18.7 Å². The first kappa shape index (κ1) is 13.5. The number of hydrogen-bond acceptors (Lipinski definition) is 3. The Morgan fingerprint density at radius 2 is 2.05 bits per heavy atom. The summed E-state index contributed by atoms with van der Waals surface area (Å²) in [7, 11) is 0. The molecule has 1 aliphatic heterocycles. The number of amides is 1. The highest BCUT2D eigenvalue weighted by Crippen LogP contribution is 2.27. The van der Waals surface area contributed by atoms with Crippen molar-refractivity contribution in [1.82, 2.24) is 5.32 Å². The monoisotopic (exact) mass is 278 g/mol. The molecule has 1 amide bonds. The van der Waals surface area contributed by atoms with E-state index in [0.29, 0.717) is 10.8 Å². The lowest BCUT2D eigenvalue weighted by Gasteiger charge is -2.21. The first-order chi connectivity index (χ1) is 8.94. The lowest BCUT2D eigenvalue weighted by Crippen LogP contribution is -2.44. The van der Waals surface area contributed by atoms with E-state index in [1.54, 1.807) is 19.1 Å². The quantitative estimate of drug-likeness (QED) is 0.817. The molecule has 2 N–H and O–H groups in total. The molecule has 1 unspecified atom stereocenters. The fraction of sp³-hybridized carbons (Fsp3) is 0.308. The van der Waals surface area contributed by atoms with Gasteiger partial charge in [0.1, 0.15) is 5.54 Å². The predicted molar refractivity (Wildman–Crippen MR) is 74.9 cm³/mol. The van der Waals surface area contributed by atoms with Gasteiger partial charge in [-0.15, -0.1) is 0 Å². The van der Waals surface area contributed by atoms with Crippen LogP contribution in [0.5, 0.6) is 0 Å². The fourth-order valence-electron chi connectivity index (χ4n) is 2.02. The van der Waals surface area contributed by atoms with Gasteiger partial charge in [-0.1, -0.05) is 18.2 Å². The largest absolute Gasteiger partial charge is 0.481 e. The Kier molecular flexibility index (Phi) is 3.53. The zero-order valence-corrected chi connectivity index (χ0v) is 11.2. The van der Waals surface area contributed by atoms with Gasteiger partial charge in [0.25, 0.3) is 5.91 Å². The van der Waals surface area contributed by atoms with Crippen LogP contribution in [0.15, 0.2) is 30.3 Å². The molecular weight excluding hydrogens is 264 g/mol. The van der Waals surface area contributed by atoms with E-state index in [1.165, 1.54) is 4.90 Å². The van der Waals surface area contributed by atoms with Gasteiger partial charge in [-0.3, -0.25) is 14.5 Å². The minimum atomic E-state index is -0.953. The average Bonchev–Trinajstić information content (AvgIpc) is 2.59. The molecule has 1 fully saturated rings. The van der Waals surface area contributed by atoms with Crippen LogP contribution in [0.3, 0.4) is 0 Å². The van der Waals surface area contributed by atoms with Gasteiger partial charge in [0.15, 0.2) is 5.11 Å². The Bertz CT molecular complexity index is 532. The van der Waals surface area contributed by atoms with E-state index in [1.807, 2.05) is 18.2 Å². The van der Waals surface area contributed by atoms with Crippen LogP contribution in [-0.4, -0.2) is 27.6 Å². The number of nitrogens with one attached hydrogen (secondary N) is 1. The molecule has 0 saturated carbocycles. The second kappa shape index (κ2) is 4.97. The molecule has 19 heavy (non-hydrogen) atoms. The van der Waals surface area contributed by atoms with Crippen molar-refractivity contribution in [1.29, 1.82) is 0 Å². The summed E-state index contributed by atoms with van der Waals surface area (Å²) < 4.78 is 0. The number of thiocarbonyl (C=S) groups is 1. The number of carboxylic acids is 1. The molecule has 0 bridgehead atoms. The number of para-hydroxylation sites is 1. The van der Waals surface area contributed by atoms with E-state index >= 15 is 0 Å². The molecule has 0 spiro atoms. The lowest BCUT2D eigenvalue weighted by molar-refractivity contribution is -0.137. The lowest BCUT2D eigenvalue weighted by atomic mass is 9.96. The first-order valence-electron chi connectivity index (χ1n) is 5.87. The molecule has 1 aromatic carbocycles. The Labute approximate surface area is 116 Å². The highest BCUT2D eigenvalue weighted by Gasteiger charge is 2.46. The second-order valence-corrected chi connectivity index (χ2v) is 5.02. The average molecular weight is 278 g/mol. The van der Waals surface area contributed by atoms with Crippen molar-refractivity contribution in [2.45, 2.75) is 25.3 Å². The number of carboxylic acid groups (broad SMARTS) is 1. The number of carbonyl (C=O) groups is 2. The Hall–Kier alpha value is -1.95. The third-order valence-electron chi connectivity index (χ3n) is 3.11. The van der Waals surface area contributed by atoms with E-state index in [9.17, 15) is 9.59 Å². The van der Waals surface area contributed by atoms with Crippen molar-refractivity contribution in [3.8, 4) is 0 Å². The highest BCUT2D eigenvalue weighted by molar-refractivity contribution is 7.80. The maximum Gasteiger partial charge on any atom is 0.303 e. The first-order valence-corrected chi connectivity index (χ1v) is 6.28. The molecule has 1 aromatic rings. The normalized spacial score (nSPS) is 22.5. The summed E-state index contributed by atoms with van der Waals surface area (Å²) in [6, 6.07) is 9.06. The second-order valence-electron chi connectivity index (χ2n) is 4.63. The Morgan fingerprint density at radius 1 is 1.42 bits per heavy atom. The van der Waals surface area contributed by atoms with Gasteiger partial charge < -0.3 is 10.4 Å². The minimum absolute atomic E-state index is 0.0829.